The normalized spacial score (nSPS) is 50.5. The van der Waals surface area contributed by atoms with E-state index in [1.807, 2.05) is 0 Å². The molecule has 0 bridgehead atoms. The molecule has 5 rings (SSSR count). The van der Waals surface area contributed by atoms with Crippen LogP contribution in [0.4, 0.5) is 0 Å². The Labute approximate surface area is 151 Å². The Balaban J connectivity index is 1.45. The van der Waals surface area contributed by atoms with Crippen molar-refractivity contribution in [2.24, 2.45) is 34.5 Å². The molecule has 1 heterocycles. The van der Waals surface area contributed by atoms with Gasteiger partial charge in [0.25, 0.3) is 0 Å². The summed E-state index contributed by atoms with van der Waals surface area (Å²) in [5.41, 5.74) is 2.21. The fraction of sp³-hybridized carbons (Fsp3) is 0.864. The van der Waals surface area contributed by atoms with E-state index in [1.54, 1.807) is 5.57 Å². The number of fused-ring (bicyclic) bond motifs is 5. The molecule has 4 fully saturated rings. The van der Waals surface area contributed by atoms with E-state index in [2.05, 4.69) is 26.0 Å². The van der Waals surface area contributed by atoms with Crippen molar-refractivity contribution in [3.8, 4) is 6.07 Å². The number of nitriles is 1. The first-order valence-corrected chi connectivity index (χ1v) is 10.4. The molecule has 0 unspecified atom stereocenters. The van der Waals surface area contributed by atoms with Gasteiger partial charge in [-0.3, -0.25) is 0 Å². The largest absolute Gasteiger partial charge is 0.347 e. The van der Waals surface area contributed by atoms with Gasteiger partial charge in [0.15, 0.2) is 5.79 Å². The van der Waals surface area contributed by atoms with E-state index >= 15 is 0 Å². The summed E-state index contributed by atoms with van der Waals surface area (Å²) in [6.07, 6.45) is 11.9. The number of ether oxygens (including phenoxy) is 2. The second-order valence-electron chi connectivity index (χ2n) is 9.85. The second kappa shape index (κ2) is 5.33. The number of rotatable bonds is 0. The predicted octanol–water partition coefficient (Wildman–Crippen LogP) is 4.83. The van der Waals surface area contributed by atoms with Crippen molar-refractivity contribution in [3.05, 3.63) is 11.6 Å². The summed E-state index contributed by atoms with van der Waals surface area (Å²) in [6.45, 7) is 6.46. The predicted molar refractivity (Wildman–Crippen MR) is 95.4 cm³/mol. The molecule has 1 aliphatic heterocycles. The minimum Gasteiger partial charge on any atom is -0.347 e. The Bertz CT molecular complexity index is 643. The van der Waals surface area contributed by atoms with Crippen LogP contribution >= 0.6 is 0 Å². The van der Waals surface area contributed by atoms with Crippen molar-refractivity contribution in [3.63, 3.8) is 0 Å². The molecule has 5 aliphatic rings. The summed E-state index contributed by atoms with van der Waals surface area (Å²) in [4.78, 5) is 0. The van der Waals surface area contributed by atoms with Gasteiger partial charge < -0.3 is 9.47 Å². The van der Waals surface area contributed by atoms with Crippen molar-refractivity contribution in [2.75, 3.05) is 13.2 Å². The molecule has 136 valence electrons. The molecule has 0 N–H and O–H groups in total. The maximum atomic E-state index is 9.63. The Morgan fingerprint density at radius 3 is 2.60 bits per heavy atom. The second-order valence-corrected chi connectivity index (χ2v) is 9.85. The highest BCUT2D eigenvalue weighted by molar-refractivity contribution is 5.27. The molecule has 0 aromatic carbocycles. The number of hydrogen-bond donors (Lipinski definition) is 0. The number of hydrogen-bond acceptors (Lipinski definition) is 3. The van der Waals surface area contributed by atoms with E-state index in [0.717, 1.165) is 50.2 Å². The van der Waals surface area contributed by atoms with Gasteiger partial charge in [-0.05, 0) is 67.1 Å². The Kier molecular flexibility index (Phi) is 3.48. The Morgan fingerprint density at radius 2 is 1.84 bits per heavy atom. The Morgan fingerprint density at radius 1 is 1.04 bits per heavy atom. The van der Waals surface area contributed by atoms with Crippen LogP contribution in [0.25, 0.3) is 0 Å². The zero-order valence-electron chi connectivity index (χ0n) is 15.7. The third-order valence-corrected chi connectivity index (χ3v) is 9.08. The van der Waals surface area contributed by atoms with E-state index in [-0.39, 0.29) is 17.1 Å². The summed E-state index contributed by atoms with van der Waals surface area (Å²) >= 11 is 0. The van der Waals surface area contributed by atoms with Gasteiger partial charge in [0, 0.05) is 12.8 Å². The monoisotopic (exact) mass is 341 g/mol. The summed E-state index contributed by atoms with van der Waals surface area (Å²) in [5.74, 6) is 2.31. The van der Waals surface area contributed by atoms with Gasteiger partial charge in [-0.25, -0.2) is 0 Å². The van der Waals surface area contributed by atoms with Crippen LogP contribution in [0.3, 0.4) is 0 Å². The lowest BCUT2D eigenvalue weighted by Crippen LogP contribution is -2.52. The van der Waals surface area contributed by atoms with E-state index in [0.29, 0.717) is 5.41 Å². The lowest BCUT2D eigenvalue weighted by Gasteiger charge is -2.58. The van der Waals surface area contributed by atoms with E-state index in [9.17, 15) is 5.26 Å². The third-order valence-electron chi connectivity index (χ3n) is 9.08. The molecule has 0 radical (unpaired) electrons. The highest BCUT2D eigenvalue weighted by Gasteiger charge is 2.60. The molecule has 6 atom stereocenters. The van der Waals surface area contributed by atoms with Crippen molar-refractivity contribution in [1.82, 2.24) is 0 Å². The number of nitrogens with zero attached hydrogens (tertiary/aromatic N) is 1. The van der Waals surface area contributed by atoms with Crippen LogP contribution in [-0.4, -0.2) is 19.0 Å². The van der Waals surface area contributed by atoms with Gasteiger partial charge in [-0.15, -0.1) is 0 Å². The molecule has 0 aromatic rings. The molecule has 4 aliphatic carbocycles. The fourth-order valence-corrected chi connectivity index (χ4v) is 7.56. The molecular weight excluding hydrogens is 310 g/mol. The van der Waals surface area contributed by atoms with Crippen LogP contribution in [0.2, 0.25) is 0 Å². The summed E-state index contributed by atoms with van der Waals surface area (Å²) in [5, 5.41) is 9.63. The summed E-state index contributed by atoms with van der Waals surface area (Å²) in [7, 11) is 0. The SMILES string of the molecule is C[C@]12CC[C@H]3[C@@H](CC=C4CC5(CC[C@@]43C)OCCO5)[C@@H]1CC[C@@H]2C#N. The zero-order valence-corrected chi connectivity index (χ0v) is 15.7. The topological polar surface area (TPSA) is 42.2 Å². The van der Waals surface area contributed by atoms with E-state index in [4.69, 9.17) is 9.47 Å². The van der Waals surface area contributed by atoms with Gasteiger partial charge in [0.1, 0.15) is 0 Å². The quantitative estimate of drug-likeness (QED) is 0.593. The smallest absolute Gasteiger partial charge is 0.172 e. The molecule has 3 nitrogen and oxygen atoms in total. The highest BCUT2D eigenvalue weighted by Crippen LogP contribution is 2.66. The molecule has 25 heavy (non-hydrogen) atoms. The first kappa shape index (κ1) is 16.3. The van der Waals surface area contributed by atoms with E-state index in [1.165, 1.54) is 32.1 Å². The maximum Gasteiger partial charge on any atom is 0.172 e. The minimum absolute atomic E-state index is 0.269. The first-order chi connectivity index (χ1) is 12.0. The summed E-state index contributed by atoms with van der Waals surface area (Å²) in [6, 6.07) is 2.65. The Hall–Kier alpha value is -0.850. The minimum atomic E-state index is -0.305. The molecule has 1 spiro atoms. The third kappa shape index (κ3) is 2.10. The fourth-order valence-electron chi connectivity index (χ4n) is 7.56. The van der Waals surface area contributed by atoms with Crippen LogP contribution in [0.1, 0.15) is 65.2 Å². The summed E-state index contributed by atoms with van der Waals surface area (Å²) < 4.78 is 12.1. The van der Waals surface area contributed by atoms with Crippen molar-refractivity contribution in [2.45, 2.75) is 71.0 Å². The highest BCUT2D eigenvalue weighted by atomic mass is 16.7. The van der Waals surface area contributed by atoms with Crippen LogP contribution < -0.4 is 0 Å². The van der Waals surface area contributed by atoms with Crippen molar-refractivity contribution in [1.29, 1.82) is 5.26 Å². The van der Waals surface area contributed by atoms with Crippen molar-refractivity contribution >= 4 is 0 Å². The van der Waals surface area contributed by atoms with Gasteiger partial charge >= 0.3 is 0 Å². The van der Waals surface area contributed by atoms with Crippen LogP contribution in [0.5, 0.6) is 0 Å². The van der Waals surface area contributed by atoms with Crippen LogP contribution in [0.15, 0.2) is 11.6 Å². The van der Waals surface area contributed by atoms with E-state index < -0.39 is 0 Å². The molecule has 1 saturated heterocycles. The van der Waals surface area contributed by atoms with Gasteiger partial charge in [0.05, 0.1) is 25.2 Å². The van der Waals surface area contributed by atoms with Gasteiger partial charge in [-0.2, -0.15) is 5.26 Å². The number of allylic oxidation sites excluding steroid dienone is 1. The van der Waals surface area contributed by atoms with Gasteiger partial charge in [0.2, 0.25) is 0 Å². The van der Waals surface area contributed by atoms with Crippen LogP contribution in [0, 0.1) is 45.8 Å². The lowest BCUT2D eigenvalue weighted by atomic mass is 9.47. The van der Waals surface area contributed by atoms with Crippen LogP contribution in [-0.2, 0) is 9.47 Å². The standard InChI is InChI=1S/C22H31NO2/c1-20-8-7-19-17(18(20)6-4-16(20)14-23)5-3-15-13-22(24-11-12-25-22)10-9-21(15,19)2/h3,16-19H,4-13H2,1-2H3/t16-,17+,18+,19+,20-,21+/m1/s1. The maximum absolute atomic E-state index is 9.63. The lowest BCUT2D eigenvalue weighted by molar-refractivity contribution is -0.185. The first-order valence-electron chi connectivity index (χ1n) is 10.4. The van der Waals surface area contributed by atoms with Gasteiger partial charge in [-0.1, -0.05) is 25.5 Å². The average Bonchev–Trinajstić information content (AvgIpc) is 3.19. The average molecular weight is 341 g/mol. The zero-order chi connectivity index (χ0) is 17.3. The van der Waals surface area contributed by atoms with Crippen molar-refractivity contribution < 1.29 is 9.47 Å². The molecule has 3 heteroatoms. The molecule has 0 amide bonds. The molecule has 3 saturated carbocycles. The molecule has 0 aromatic heterocycles. The molecular formula is C22H31NO2.